The minimum atomic E-state index is -1.04. The van der Waals surface area contributed by atoms with E-state index in [0.29, 0.717) is 21.6 Å². The van der Waals surface area contributed by atoms with Crippen molar-refractivity contribution < 1.29 is 19.5 Å². The molecule has 1 aliphatic heterocycles. The molecule has 150 valence electrons. The van der Waals surface area contributed by atoms with Crippen LogP contribution in [0.3, 0.4) is 0 Å². The van der Waals surface area contributed by atoms with Crippen LogP contribution in [-0.2, 0) is 9.59 Å². The molecule has 1 saturated heterocycles. The van der Waals surface area contributed by atoms with Crippen LogP contribution in [0.5, 0.6) is 0 Å². The van der Waals surface area contributed by atoms with E-state index < -0.39 is 11.2 Å². The zero-order valence-corrected chi connectivity index (χ0v) is 17.3. The van der Waals surface area contributed by atoms with Crippen LogP contribution in [0.25, 0.3) is 0 Å². The summed E-state index contributed by atoms with van der Waals surface area (Å²) in [5, 5.41) is 12.1. The molecule has 1 fully saturated rings. The van der Waals surface area contributed by atoms with E-state index in [0.717, 1.165) is 5.56 Å². The lowest BCUT2D eigenvalue weighted by Gasteiger charge is -2.10. The predicted octanol–water partition coefficient (Wildman–Crippen LogP) is 3.94. The molecule has 0 radical (unpaired) electrons. The molecule has 2 aromatic rings. The van der Waals surface area contributed by atoms with E-state index in [1.54, 1.807) is 19.2 Å². The molecule has 0 aliphatic carbocycles. The molecule has 0 saturated carbocycles. The largest absolute Gasteiger partial charge is 0.478 e. The number of aromatic carboxylic acids is 1. The molecular formula is C20H18ClN3O4S. The second kappa shape index (κ2) is 8.67. The van der Waals surface area contributed by atoms with Gasteiger partial charge in [-0.25, -0.2) is 9.79 Å². The molecule has 0 bridgehead atoms. The lowest BCUT2D eigenvalue weighted by atomic mass is 10.2. The van der Waals surface area contributed by atoms with Crippen molar-refractivity contribution in [1.29, 1.82) is 0 Å². The first-order valence-corrected chi connectivity index (χ1v) is 9.92. The normalized spacial score (nSPS) is 17.6. The van der Waals surface area contributed by atoms with Crippen molar-refractivity contribution in [3.63, 3.8) is 0 Å². The van der Waals surface area contributed by atoms with Crippen molar-refractivity contribution in [2.24, 2.45) is 4.99 Å². The Kier molecular flexibility index (Phi) is 6.24. The fraction of sp³-hybridized carbons (Fsp3) is 0.200. The number of benzene rings is 2. The number of carbonyl (C=O) groups is 3. The van der Waals surface area contributed by atoms with Crippen molar-refractivity contribution in [1.82, 2.24) is 4.90 Å². The second-order valence-corrected chi connectivity index (χ2v) is 8.07. The van der Waals surface area contributed by atoms with Crippen molar-refractivity contribution in [3.05, 3.63) is 58.6 Å². The zero-order valence-electron chi connectivity index (χ0n) is 15.7. The number of aliphatic imine (C=N–C) groups is 1. The average molecular weight is 432 g/mol. The SMILES string of the molecule is Cc1ccc(Cl)cc1N=C1SC(CC(=O)Nc2ccc(C(=O)O)cc2)C(=O)N1C. The van der Waals surface area contributed by atoms with E-state index in [2.05, 4.69) is 10.3 Å². The summed E-state index contributed by atoms with van der Waals surface area (Å²) in [7, 11) is 1.62. The van der Waals surface area contributed by atoms with Gasteiger partial charge in [-0.2, -0.15) is 0 Å². The van der Waals surface area contributed by atoms with Crippen molar-refractivity contribution in [2.75, 3.05) is 12.4 Å². The summed E-state index contributed by atoms with van der Waals surface area (Å²) < 4.78 is 0. The molecule has 2 amide bonds. The minimum absolute atomic E-state index is 0.0257. The van der Waals surface area contributed by atoms with Gasteiger partial charge in [-0.05, 0) is 48.9 Å². The van der Waals surface area contributed by atoms with Crippen molar-refractivity contribution in [2.45, 2.75) is 18.6 Å². The van der Waals surface area contributed by atoms with Gasteiger partial charge in [0, 0.05) is 24.2 Å². The maximum atomic E-state index is 12.5. The summed E-state index contributed by atoms with van der Waals surface area (Å²) in [5.41, 5.74) is 2.19. The van der Waals surface area contributed by atoms with Crippen molar-refractivity contribution in [3.8, 4) is 0 Å². The number of rotatable bonds is 5. The van der Waals surface area contributed by atoms with Gasteiger partial charge in [0.2, 0.25) is 11.8 Å². The van der Waals surface area contributed by atoms with Gasteiger partial charge < -0.3 is 10.4 Å². The number of hydrogen-bond acceptors (Lipinski definition) is 5. The number of nitrogens with one attached hydrogen (secondary N) is 1. The molecule has 7 nitrogen and oxygen atoms in total. The summed E-state index contributed by atoms with van der Waals surface area (Å²) >= 11 is 7.25. The fourth-order valence-electron chi connectivity index (χ4n) is 2.68. The highest BCUT2D eigenvalue weighted by atomic mass is 35.5. The Labute approximate surface area is 176 Å². The van der Waals surface area contributed by atoms with Crippen molar-refractivity contribution >= 4 is 57.7 Å². The Morgan fingerprint density at radius 2 is 1.93 bits per heavy atom. The Balaban J connectivity index is 1.67. The first kappa shape index (κ1) is 20.9. The highest BCUT2D eigenvalue weighted by Gasteiger charge is 2.37. The smallest absolute Gasteiger partial charge is 0.335 e. The van der Waals surface area contributed by atoms with Crippen LogP contribution in [0.2, 0.25) is 5.02 Å². The number of carboxylic acids is 1. The Hall–Kier alpha value is -2.84. The average Bonchev–Trinajstić information content (AvgIpc) is 2.93. The van der Waals surface area contributed by atoms with Crippen LogP contribution < -0.4 is 5.32 Å². The number of amides is 2. The van der Waals surface area contributed by atoms with Gasteiger partial charge in [0.05, 0.1) is 11.3 Å². The molecule has 0 aromatic heterocycles. The van der Waals surface area contributed by atoms with E-state index in [1.807, 2.05) is 13.0 Å². The molecule has 1 unspecified atom stereocenters. The van der Waals surface area contributed by atoms with Gasteiger partial charge in [-0.3, -0.25) is 14.5 Å². The summed E-state index contributed by atoms with van der Waals surface area (Å²) in [4.78, 5) is 41.7. The summed E-state index contributed by atoms with van der Waals surface area (Å²) in [5.74, 6) is -1.59. The molecule has 1 heterocycles. The predicted molar refractivity (Wildman–Crippen MR) is 114 cm³/mol. The molecule has 3 rings (SSSR count). The summed E-state index contributed by atoms with van der Waals surface area (Å²) in [6.45, 7) is 1.90. The quantitative estimate of drug-likeness (QED) is 0.747. The number of nitrogens with zero attached hydrogens (tertiary/aromatic N) is 2. The Bertz CT molecular complexity index is 1010. The van der Waals surface area contributed by atoms with E-state index in [1.165, 1.54) is 40.9 Å². The lowest BCUT2D eigenvalue weighted by molar-refractivity contribution is -0.127. The van der Waals surface area contributed by atoms with Crippen LogP contribution in [0, 0.1) is 6.92 Å². The third kappa shape index (κ3) is 4.96. The van der Waals surface area contributed by atoms with E-state index in [4.69, 9.17) is 16.7 Å². The van der Waals surface area contributed by atoms with Gasteiger partial charge in [-0.1, -0.05) is 29.4 Å². The molecular weight excluding hydrogens is 414 g/mol. The molecule has 29 heavy (non-hydrogen) atoms. The van der Waals surface area contributed by atoms with Gasteiger partial charge >= 0.3 is 5.97 Å². The number of anilines is 1. The molecule has 1 aliphatic rings. The third-order valence-electron chi connectivity index (χ3n) is 4.31. The molecule has 9 heteroatoms. The van der Waals surface area contributed by atoms with E-state index in [-0.39, 0.29) is 23.8 Å². The Morgan fingerprint density at radius 1 is 1.24 bits per heavy atom. The molecule has 0 spiro atoms. The summed E-state index contributed by atoms with van der Waals surface area (Å²) in [6.07, 6.45) is -0.0257. The zero-order chi connectivity index (χ0) is 21.1. The van der Waals surface area contributed by atoms with E-state index >= 15 is 0 Å². The van der Waals surface area contributed by atoms with Gasteiger partial charge in [-0.15, -0.1) is 0 Å². The van der Waals surface area contributed by atoms with Gasteiger partial charge in [0.1, 0.15) is 5.25 Å². The molecule has 1 atom stereocenters. The first-order chi connectivity index (χ1) is 13.7. The monoisotopic (exact) mass is 431 g/mol. The number of hydrogen-bond donors (Lipinski definition) is 2. The Morgan fingerprint density at radius 3 is 2.59 bits per heavy atom. The molecule has 2 aromatic carbocycles. The number of carbonyl (C=O) groups excluding carboxylic acids is 2. The number of halogens is 1. The summed E-state index contributed by atoms with van der Waals surface area (Å²) in [6, 6.07) is 11.2. The number of amidine groups is 1. The van der Waals surface area contributed by atoms with Crippen LogP contribution in [0.15, 0.2) is 47.5 Å². The van der Waals surface area contributed by atoms with Crippen LogP contribution >= 0.6 is 23.4 Å². The maximum absolute atomic E-state index is 12.5. The standard InChI is InChI=1S/C20H18ClN3O4S/c1-11-3-6-13(21)9-15(11)23-20-24(2)18(26)16(29-20)10-17(25)22-14-7-4-12(5-8-14)19(27)28/h3-9,16H,10H2,1-2H3,(H,22,25)(H,27,28). The fourth-order valence-corrected chi connectivity index (χ4v) is 3.99. The van der Waals surface area contributed by atoms with Crippen LogP contribution in [0.4, 0.5) is 11.4 Å². The second-order valence-electron chi connectivity index (χ2n) is 6.46. The maximum Gasteiger partial charge on any atom is 0.335 e. The van der Waals surface area contributed by atoms with Crippen LogP contribution in [0.1, 0.15) is 22.3 Å². The van der Waals surface area contributed by atoms with Crippen LogP contribution in [-0.4, -0.2) is 45.3 Å². The van der Waals surface area contributed by atoms with Gasteiger partial charge in [0.15, 0.2) is 5.17 Å². The first-order valence-electron chi connectivity index (χ1n) is 8.67. The lowest BCUT2D eigenvalue weighted by Crippen LogP contribution is -2.30. The molecule has 2 N–H and O–H groups in total. The number of aryl methyl sites for hydroxylation is 1. The topological polar surface area (TPSA) is 99.1 Å². The highest BCUT2D eigenvalue weighted by Crippen LogP contribution is 2.32. The minimum Gasteiger partial charge on any atom is -0.478 e. The number of thioether (sulfide) groups is 1. The van der Waals surface area contributed by atoms with E-state index in [9.17, 15) is 14.4 Å². The van der Waals surface area contributed by atoms with Gasteiger partial charge in [0.25, 0.3) is 0 Å². The third-order valence-corrected chi connectivity index (χ3v) is 5.78. The number of carboxylic acid groups (broad SMARTS) is 1. The highest BCUT2D eigenvalue weighted by molar-refractivity contribution is 8.15.